The molecule has 2 nitrogen and oxygen atoms in total. The van der Waals surface area contributed by atoms with Crippen molar-refractivity contribution in [3.05, 3.63) is 29.3 Å². The monoisotopic (exact) mass is 230 g/mol. The highest BCUT2D eigenvalue weighted by Gasteiger charge is 2.14. The average molecular weight is 230 g/mol. The summed E-state index contributed by atoms with van der Waals surface area (Å²) in [5.74, 6) is -1.67. The number of benzene rings is 1. The lowest BCUT2D eigenvalue weighted by molar-refractivity contribution is 0.539. The number of nitrogen functional groups attached to an aromatic ring is 1. The Bertz CT molecular complexity index is 368. The van der Waals surface area contributed by atoms with E-state index in [-0.39, 0.29) is 21.5 Å². The van der Waals surface area contributed by atoms with Crippen LogP contribution in [0.25, 0.3) is 0 Å². The van der Waals surface area contributed by atoms with Crippen LogP contribution in [-0.4, -0.2) is 11.1 Å². The Balaban J connectivity index is 3.15. The van der Waals surface area contributed by atoms with E-state index in [9.17, 15) is 8.78 Å². The van der Waals surface area contributed by atoms with Gasteiger partial charge in [-0.2, -0.15) is 0 Å². The maximum atomic E-state index is 13.4. The minimum atomic E-state index is -0.668. The Morgan fingerprint density at radius 1 is 1.33 bits per heavy atom. The van der Waals surface area contributed by atoms with Gasteiger partial charge >= 0.3 is 0 Å². The molecule has 0 saturated carbocycles. The van der Waals surface area contributed by atoms with Crippen molar-refractivity contribution in [2.75, 3.05) is 0 Å². The number of amidine groups is 1. The van der Waals surface area contributed by atoms with E-state index >= 15 is 0 Å². The minimum absolute atomic E-state index is 0.0185. The molecule has 0 unspecified atom stereocenters. The third-order valence-corrected chi connectivity index (χ3v) is 2.76. The standard InChI is InChI=1S/C10H12F2N2S/c1-5(2)15-9-7(11)3-6(10(13)14)4-8(9)12/h3-5H,1-2H3,(H3,13,14). The molecule has 5 heteroatoms. The highest BCUT2D eigenvalue weighted by atomic mass is 32.2. The molecule has 0 radical (unpaired) electrons. The van der Waals surface area contributed by atoms with Crippen molar-refractivity contribution in [2.45, 2.75) is 24.0 Å². The van der Waals surface area contributed by atoms with E-state index in [0.29, 0.717) is 0 Å². The van der Waals surface area contributed by atoms with Gasteiger partial charge in [-0.1, -0.05) is 13.8 Å². The summed E-state index contributed by atoms with van der Waals surface area (Å²) in [5, 5.41) is 7.17. The maximum absolute atomic E-state index is 13.4. The summed E-state index contributed by atoms with van der Waals surface area (Å²) >= 11 is 1.11. The van der Waals surface area contributed by atoms with Crippen molar-refractivity contribution < 1.29 is 8.78 Å². The largest absolute Gasteiger partial charge is 0.384 e. The number of rotatable bonds is 3. The highest BCUT2D eigenvalue weighted by molar-refractivity contribution is 7.99. The van der Waals surface area contributed by atoms with Crippen LogP contribution >= 0.6 is 11.8 Å². The van der Waals surface area contributed by atoms with Crippen LogP contribution in [-0.2, 0) is 0 Å². The molecule has 0 aliphatic carbocycles. The SMILES string of the molecule is CC(C)Sc1c(F)cc(C(=N)N)cc1F. The Kier molecular flexibility index (Phi) is 3.68. The molecular formula is C10H12F2N2S. The van der Waals surface area contributed by atoms with Gasteiger partial charge < -0.3 is 5.73 Å². The molecule has 82 valence electrons. The zero-order valence-electron chi connectivity index (χ0n) is 8.47. The van der Waals surface area contributed by atoms with Gasteiger partial charge in [0.1, 0.15) is 17.5 Å². The lowest BCUT2D eigenvalue weighted by Gasteiger charge is -2.09. The maximum Gasteiger partial charge on any atom is 0.140 e. The predicted octanol–water partition coefficient (Wildman–Crippen LogP) is 2.75. The van der Waals surface area contributed by atoms with E-state index in [1.165, 1.54) is 0 Å². The van der Waals surface area contributed by atoms with Crippen LogP contribution in [0.1, 0.15) is 19.4 Å². The first-order chi connectivity index (χ1) is 6.91. The molecular weight excluding hydrogens is 218 g/mol. The number of halogens is 2. The van der Waals surface area contributed by atoms with E-state index in [0.717, 1.165) is 23.9 Å². The van der Waals surface area contributed by atoms with Gasteiger partial charge in [-0.15, -0.1) is 11.8 Å². The Labute approximate surface area is 91.4 Å². The smallest absolute Gasteiger partial charge is 0.140 e. The quantitative estimate of drug-likeness (QED) is 0.476. The Morgan fingerprint density at radius 3 is 2.13 bits per heavy atom. The van der Waals surface area contributed by atoms with Crippen LogP contribution in [0.5, 0.6) is 0 Å². The third-order valence-electron chi connectivity index (χ3n) is 1.66. The number of thioether (sulfide) groups is 1. The third kappa shape index (κ3) is 2.92. The molecule has 0 spiro atoms. The van der Waals surface area contributed by atoms with Crippen LogP contribution in [0.3, 0.4) is 0 Å². The molecule has 0 aromatic heterocycles. The topological polar surface area (TPSA) is 49.9 Å². The molecule has 3 N–H and O–H groups in total. The van der Waals surface area contributed by atoms with Gasteiger partial charge in [-0.05, 0) is 12.1 Å². The molecule has 0 bridgehead atoms. The van der Waals surface area contributed by atoms with Crippen molar-refractivity contribution in [3.8, 4) is 0 Å². The zero-order chi connectivity index (χ0) is 11.6. The molecule has 0 fully saturated rings. The van der Waals surface area contributed by atoms with Crippen LogP contribution in [0.2, 0.25) is 0 Å². The average Bonchev–Trinajstić information content (AvgIpc) is 2.10. The van der Waals surface area contributed by atoms with Crippen molar-refractivity contribution >= 4 is 17.6 Å². The number of nitrogens with two attached hydrogens (primary N) is 1. The second kappa shape index (κ2) is 4.61. The minimum Gasteiger partial charge on any atom is -0.384 e. The van der Waals surface area contributed by atoms with Gasteiger partial charge in [0.15, 0.2) is 0 Å². The molecule has 1 aromatic rings. The first kappa shape index (κ1) is 12.0. The number of hydrogen-bond donors (Lipinski definition) is 2. The first-order valence-corrected chi connectivity index (χ1v) is 5.30. The van der Waals surface area contributed by atoms with Crippen molar-refractivity contribution in [3.63, 3.8) is 0 Å². The highest BCUT2D eigenvalue weighted by Crippen LogP contribution is 2.29. The summed E-state index contributed by atoms with van der Waals surface area (Å²) in [6.45, 7) is 3.70. The molecule has 15 heavy (non-hydrogen) atoms. The van der Waals surface area contributed by atoms with E-state index in [2.05, 4.69) is 0 Å². The van der Waals surface area contributed by atoms with Gasteiger partial charge in [0.25, 0.3) is 0 Å². The molecule has 0 amide bonds. The molecule has 0 heterocycles. The second-order valence-electron chi connectivity index (χ2n) is 3.35. The summed E-state index contributed by atoms with van der Waals surface area (Å²) in [7, 11) is 0. The van der Waals surface area contributed by atoms with E-state index in [1.54, 1.807) is 0 Å². The van der Waals surface area contributed by atoms with Crippen molar-refractivity contribution in [2.24, 2.45) is 5.73 Å². The van der Waals surface area contributed by atoms with Gasteiger partial charge in [0.2, 0.25) is 0 Å². The second-order valence-corrected chi connectivity index (χ2v) is 4.94. The first-order valence-electron chi connectivity index (χ1n) is 4.42. The van der Waals surface area contributed by atoms with Crippen LogP contribution < -0.4 is 5.73 Å². The lowest BCUT2D eigenvalue weighted by Crippen LogP contribution is -2.12. The fourth-order valence-electron chi connectivity index (χ4n) is 1.06. The van der Waals surface area contributed by atoms with Crippen molar-refractivity contribution in [1.82, 2.24) is 0 Å². The van der Waals surface area contributed by atoms with Gasteiger partial charge in [0.05, 0.1) is 4.90 Å². The number of nitrogens with one attached hydrogen (secondary N) is 1. The molecule has 0 aliphatic rings. The summed E-state index contributed by atoms with van der Waals surface area (Å²) in [5.41, 5.74) is 5.21. The zero-order valence-corrected chi connectivity index (χ0v) is 9.29. The molecule has 0 atom stereocenters. The summed E-state index contributed by atoms with van der Waals surface area (Å²) < 4.78 is 26.8. The summed E-state index contributed by atoms with van der Waals surface area (Å²) in [6, 6.07) is 2.16. The fourth-order valence-corrected chi connectivity index (χ4v) is 1.88. The van der Waals surface area contributed by atoms with Gasteiger partial charge in [-0.3, -0.25) is 5.41 Å². The number of hydrogen-bond acceptors (Lipinski definition) is 2. The van der Waals surface area contributed by atoms with Crippen molar-refractivity contribution in [1.29, 1.82) is 5.41 Å². The van der Waals surface area contributed by atoms with E-state index in [4.69, 9.17) is 11.1 Å². The fraction of sp³-hybridized carbons (Fsp3) is 0.300. The molecule has 1 rings (SSSR count). The lowest BCUT2D eigenvalue weighted by atomic mass is 10.2. The molecule has 0 saturated heterocycles. The Morgan fingerprint density at radius 2 is 1.80 bits per heavy atom. The van der Waals surface area contributed by atoms with Crippen LogP contribution in [0.4, 0.5) is 8.78 Å². The van der Waals surface area contributed by atoms with Gasteiger partial charge in [0, 0.05) is 10.8 Å². The van der Waals surface area contributed by atoms with E-state index in [1.807, 2.05) is 13.8 Å². The molecule has 1 aromatic carbocycles. The normalized spacial score (nSPS) is 10.7. The van der Waals surface area contributed by atoms with Gasteiger partial charge in [-0.25, -0.2) is 8.78 Å². The Hall–Kier alpha value is -1.10. The van der Waals surface area contributed by atoms with Crippen LogP contribution in [0, 0.1) is 17.0 Å². The summed E-state index contributed by atoms with van der Waals surface area (Å²) in [4.78, 5) is -0.0185. The predicted molar refractivity (Wildman–Crippen MR) is 58.4 cm³/mol. The van der Waals surface area contributed by atoms with Crippen LogP contribution in [0.15, 0.2) is 17.0 Å². The summed E-state index contributed by atoms with van der Waals surface area (Å²) in [6.07, 6.45) is 0. The van der Waals surface area contributed by atoms with E-state index < -0.39 is 11.6 Å². The molecule has 0 aliphatic heterocycles.